The molecule has 0 bridgehead atoms. The molecule has 2 aliphatic rings. The quantitative estimate of drug-likeness (QED) is 0.795. The Labute approximate surface area is 106 Å². The summed E-state index contributed by atoms with van der Waals surface area (Å²) in [5.41, 5.74) is 0. The minimum Gasteiger partial charge on any atom is -0.380 e. The van der Waals surface area contributed by atoms with Gasteiger partial charge < -0.3 is 10.1 Å². The SMILES string of the molecule is CCOCC(C)N1CCCCC1C1CCCN1. The number of nitrogens with one attached hydrogen (secondary N) is 1. The van der Waals surface area contributed by atoms with Crippen LogP contribution in [-0.4, -0.2) is 49.3 Å². The molecule has 0 saturated carbocycles. The van der Waals surface area contributed by atoms with E-state index in [9.17, 15) is 0 Å². The molecule has 0 amide bonds. The van der Waals surface area contributed by atoms with E-state index in [1.165, 1.54) is 45.2 Å². The average molecular weight is 240 g/mol. The summed E-state index contributed by atoms with van der Waals surface area (Å²) in [5, 5.41) is 3.68. The molecule has 2 rings (SSSR count). The van der Waals surface area contributed by atoms with E-state index in [4.69, 9.17) is 4.74 Å². The van der Waals surface area contributed by atoms with Gasteiger partial charge in [0.25, 0.3) is 0 Å². The van der Waals surface area contributed by atoms with Crippen molar-refractivity contribution in [3.8, 4) is 0 Å². The largest absolute Gasteiger partial charge is 0.380 e. The minimum absolute atomic E-state index is 0.572. The molecule has 0 aromatic carbocycles. The summed E-state index contributed by atoms with van der Waals surface area (Å²) in [5.74, 6) is 0. The van der Waals surface area contributed by atoms with Crippen LogP contribution in [0.3, 0.4) is 0 Å². The van der Waals surface area contributed by atoms with Crippen molar-refractivity contribution in [1.29, 1.82) is 0 Å². The van der Waals surface area contributed by atoms with Gasteiger partial charge in [-0.25, -0.2) is 0 Å². The molecule has 17 heavy (non-hydrogen) atoms. The van der Waals surface area contributed by atoms with Gasteiger partial charge in [-0.05, 0) is 52.6 Å². The Morgan fingerprint density at radius 3 is 2.88 bits per heavy atom. The van der Waals surface area contributed by atoms with Crippen LogP contribution in [0.5, 0.6) is 0 Å². The normalized spacial score (nSPS) is 32.8. The molecule has 3 nitrogen and oxygen atoms in total. The lowest BCUT2D eigenvalue weighted by atomic mass is 9.93. The van der Waals surface area contributed by atoms with E-state index in [1.54, 1.807) is 0 Å². The highest BCUT2D eigenvalue weighted by molar-refractivity contribution is 4.92. The van der Waals surface area contributed by atoms with Crippen LogP contribution in [0.15, 0.2) is 0 Å². The Balaban J connectivity index is 1.91. The predicted molar refractivity (Wildman–Crippen MR) is 71.3 cm³/mol. The molecular weight excluding hydrogens is 212 g/mol. The first kappa shape index (κ1) is 13.3. The second kappa shape index (κ2) is 6.72. The van der Waals surface area contributed by atoms with E-state index in [0.29, 0.717) is 6.04 Å². The lowest BCUT2D eigenvalue weighted by Gasteiger charge is -2.42. The molecule has 2 heterocycles. The molecule has 2 saturated heterocycles. The van der Waals surface area contributed by atoms with Gasteiger partial charge in [0.2, 0.25) is 0 Å². The van der Waals surface area contributed by atoms with Crippen molar-refractivity contribution in [3.05, 3.63) is 0 Å². The van der Waals surface area contributed by atoms with E-state index in [2.05, 4.69) is 24.1 Å². The number of nitrogens with zero attached hydrogens (tertiary/aromatic N) is 1. The number of likely N-dealkylation sites (tertiary alicyclic amines) is 1. The highest BCUT2D eigenvalue weighted by Gasteiger charge is 2.33. The average Bonchev–Trinajstić information content (AvgIpc) is 2.89. The molecular formula is C14H28N2O. The molecule has 100 valence electrons. The second-order valence-electron chi connectivity index (χ2n) is 5.51. The molecule has 0 radical (unpaired) electrons. The van der Waals surface area contributed by atoms with E-state index in [0.717, 1.165) is 25.3 Å². The number of piperidine rings is 1. The first-order valence-corrected chi connectivity index (χ1v) is 7.39. The lowest BCUT2D eigenvalue weighted by molar-refractivity contribution is 0.0238. The lowest BCUT2D eigenvalue weighted by Crippen LogP contribution is -2.54. The maximum atomic E-state index is 5.60. The molecule has 3 unspecified atom stereocenters. The van der Waals surface area contributed by atoms with Crippen molar-refractivity contribution in [2.24, 2.45) is 0 Å². The fourth-order valence-electron chi connectivity index (χ4n) is 3.38. The summed E-state index contributed by atoms with van der Waals surface area (Å²) in [7, 11) is 0. The molecule has 3 heteroatoms. The Bertz CT molecular complexity index is 216. The zero-order valence-electron chi connectivity index (χ0n) is 11.5. The van der Waals surface area contributed by atoms with Gasteiger partial charge in [-0.15, -0.1) is 0 Å². The molecule has 0 spiro atoms. The highest BCUT2D eigenvalue weighted by Crippen LogP contribution is 2.26. The number of hydrogen-bond donors (Lipinski definition) is 1. The number of rotatable bonds is 5. The van der Waals surface area contributed by atoms with Crippen LogP contribution in [-0.2, 0) is 4.74 Å². The summed E-state index contributed by atoms with van der Waals surface area (Å²) in [6.07, 6.45) is 6.85. The molecule has 3 atom stereocenters. The van der Waals surface area contributed by atoms with Gasteiger partial charge in [-0.3, -0.25) is 4.90 Å². The Kier molecular flexibility index (Phi) is 5.26. The minimum atomic E-state index is 0.572. The molecule has 1 N–H and O–H groups in total. The maximum absolute atomic E-state index is 5.60. The predicted octanol–water partition coefficient (Wildman–Crippen LogP) is 2.02. The maximum Gasteiger partial charge on any atom is 0.0619 e. The van der Waals surface area contributed by atoms with Gasteiger partial charge in [0.1, 0.15) is 0 Å². The first-order valence-electron chi connectivity index (χ1n) is 7.39. The third-order valence-electron chi connectivity index (χ3n) is 4.28. The molecule has 2 aliphatic heterocycles. The Morgan fingerprint density at radius 1 is 1.29 bits per heavy atom. The van der Waals surface area contributed by atoms with Gasteiger partial charge in [0, 0.05) is 24.7 Å². The molecule has 0 aliphatic carbocycles. The van der Waals surface area contributed by atoms with E-state index >= 15 is 0 Å². The topological polar surface area (TPSA) is 24.5 Å². The summed E-state index contributed by atoms with van der Waals surface area (Å²) in [6.45, 7) is 8.61. The van der Waals surface area contributed by atoms with E-state index in [1.807, 2.05) is 0 Å². The molecule has 2 fully saturated rings. The van der Waals surface area contributed by atoms with Crippen molar-refractivity contribution in [2.45, 2.75) is 64.1 Å². The van der Waals surface area contributed by atoms with Gasteiger partial charge in [0.05, 0.1) is 6.61 Å². The van der Waals surface area contributed by atoms with Crippen LogP contribution < -0.4 is 5.32 Å². The van der Waals surface area contributed by atoms with Gasteiger partial charge >= 0.3 is 0 Å². The monoisotopic (exact) mass is 240 g/mol. The van der Waals surface area contributed by atoms with Crippen molar-refractivity contribution in [3.63, 3.8) is 0 Å². The third kappa shape index (κ3) is 3.43. The third-order valence-corrected chi connectivity index (χ3v) is 4.28. The van der Waals surface area contributed by atoms with Crippen molar-refractivity contribution < 1.29 is 4.74 Å². The highest BCUT2D eigenvalue weighted by atomic mass is 16.5. The first-order chi connectivity index (χ1) is 8.33. The number of ether oxygens (including phenoxy) is 1. The summed E-state index contributed by atoms with van der Waals surface area (Å²) in [4.78, 5) is 2.70. The van der Waals surface area contributed by atoms with Gasteiger partial charge in [0.15, 0.2) is 0 Å². The van der Waals surface area contributed by atoms with Crippen molar-refractivity contribution >= 4 is 0 Å². The molecule has 0 aromatic rings. The van der Waals surface area contributed by atoms with Crippen LogP contribution in [0.2, 0.25) is 0 Å². The Morgan fingerprint density at radius 2 is 2.18 bits per heavy atom. The zero-order chi connectivity index (χ0) is 12.1. The van der Waals surface area contributed by atoms with Crippen LogP contribution in [0.1, 0.15) is 46.0 Å². The van der Waals surface area contributed by atoms with Crippen LogP contribution >= 0.6 is 0 Å². The van der Waals surface area contributed by atoms with E-state index in [-0.39, 0.29) is 0 Å². The van der Waals surface area contributed by atoms with Crippen LogP contribution in [0, 0.1) is 0 Å². The van der Waals surface area contributed by atoms with Crippen LogP contribution in [0.25, 0.3) is 0 Å². The second-order valence-corrected chi connectivity index (χ2v) is 5.51. The smallest absolute Gasteiger partial charge is 0.0619 e. The molecule has 0 aromatic heterocycles. The summed E-state index contributed by atoms with van der Waals surface area (Å²) >= 11 is 0. The Hall–Kier alpha value is -0.120. The fraction of sp³-hybridized carbons (Fsp3) is 1.00. The summed E-state index contributed by atoms with van der Waals surface area (Å²) in [6, 6.07) is 2.06. The number of hydrogen-bond acceptors (Lipinski definition) is 3. The zero-order valence-corrected chi connectivity index (χ0v) is 11.5. The van der Waals surface area contributed by atoms with E-state index < -0.39 is 0 Å². The van der Waals surface area contributed by atoms with Gasteiger partial charge in [-0.1, -0.05) is 6.42 Å². The standard InChI is InChI=1S/C14H28N2O/c1-3-17-11-12(2)16-10-5-4-8-14(16)13-7-6-9-15-13/h12-15H,3-11H2,1-2H3. The van der Waals surface area contributed by atoms with Crippen LogP contribution in [0.4, 0.5) is 0 Å². The van der Waals surface area contributed by atoms with Gasteiger partial charge in [-0.2, -0.15) is 0 Å². The van der Waals surface area contributed by atoms with Crippen molar-refractivity contribution in [1.82, 2.24) is 10.2 Å². The fourth-order valence-corrected chi connectivity index (χ4v) is 3.38. The van der Waals surface area contributed by atoms with Crippen molar-refractivity contribution in [2.75, 3.05) is 26.3 Å². The summed E-state index contributed by atoms with van der Waals surface area (Å²) < 4.78 is 5.60.